The SMILES string of the molecule is CC(C)[C@@](C)(C#N)NC(=O)COC(=O)c1ccc(F)cc1F. The van der Waals surface area contributed by atoms with Crippen LogP contribution in [0.1, 0.15) is 31.1 Å². The normalized spacial score (nSPS) is 13.1. The molecule has 0 aliphatic rings. The van der Waals surface area contributed by atoms with Crippen molar-refractivity contribution < 1.29 is 23.1 Å². The Balaban J connectivity index is 2.65. The lowest BCUT2D eigenvalue weighted by molar-refractivity contribution is -0.125. The van der Waals surface area contributed by atoms with Crippen LogP contribution < -0.4 is 5.32 Å². The van der Waals surface area contributed by atoms with Crippen LogP contribution in [0, 0.1) is 28.9 Å². The van der Waals surface area contributed by atoms with Crippen LogP contribution >= 0.6 is 0 Å². The van der Waals surface area contributed by atoms with Gasteiger partial charge in [0.1, 0.15) is 17.2 Å². The molecule has 0 aliphatic heterocycles. The average molecular weight is 310 g/mol. The van der Waals surface area contributed by atoms with E-state index in [1.54, 1.807) is 13.8 Å². The number of benzene rings is 1. The molecule has 0 heterocycles. The van der Waals surface area contributed by atoms with Gasteiger partial charge in [-0.25, -0.2) is 13.6 Å². The van der Waals surface area contributed by atoms with Gasteiger partial charge < -0.3 is 10.1 Å². The van der Waals surface area contributed by atoms with Gasteiger partial charge in [-0.05, 0) is 25.0 Å². The number of rotatable bonds is 5. The number of carbonyl (C=O) groups excluding carboxylic acids is 2. The Morgan fingerprint density at radius 2 is 2.05 bits per heavy atom. The summed E-state index contributed by atoms with van der Waals surface area (Å²) in [6.07, 6.45) is 0. The molecule has 1 aromatic carbocycles. The van der Waals surface area contributed by atoms with Crippen LogP contribution in [0.2, 0.25) is 0 Å². The third-order valence-electron chi connectivity index (χ3n) is 3.27. The molecule has 1 N–H and O–H groups in total. The van der Waals surface area contributed by atoms with Gasteiger partial charge in [0, 0.05) is 6.07 Å². The molecule has 0 aliphatic carbocycles. The number of amides is 1. The summed E-state index contributed by atoms with van der Waals surface area (Å²) >= 11 is 0. The van der Waals surface area contributed by atoms with Gasteiger partial charge in [0.25, 0.3) is 5.91 Å². The summed E-state index contributed by atoms with van der Waals surface area (Å²) < 4.78 is 30.8. The molecule has 22 heavy (non-hydrogen) atoms. The van der Waals surface area contributed by atoms with Crippen molar-refractivity contribution in [2.24, 2.45) is 5.92 Å². The average Bonchev–Trinajstić information content (AvgIpc) is 2.44. The summed E-state index contributed by atoms with van der Waals surface area (Å²) in [7, 11) is 0. The van der Waals surface area contributed by atoms with Crippen LogP contribution in [0.15, 0.2) is 18.2 Å². The van der Waals surface area contributed by atoms with E-state index in [1.807, 2.05) is 6.07 Å². The Hall–Kier alpha value is -2.49. The van der Waals surface area contributed by atoms with Gasteiger partial charge in [0.15, 0.2) is 6.61 Å². The molecule has 0 bridgehead atoms. The number of hydrogen-bond acceptors (Lipinski definition) is 4. The van der Waals surface area contributed by atoms with Gasteiger partial charge >= 0.3 is 5.97 Å². The summed E-state index contributed by atoms with van der Waals surface area (Å²) in [6, 6.07) is 4.35. The van der Waals surface area contributed by atoms with Crippen molar-refractivity contribution in [1.82, 2.24) is 5.32 Å². The third kappa shape index (κ3) is 4.25. The summed E-state index contributed by atoms with van der Waals surface area (Å²) in [5, 5.41) is 11.5. The van der Waals surface area contributed by atoms with Crippen LogP contribution in [0.25, 0.3) is 0 Å². The van der Waals surface area contributed by atoms with Crippen molar-refractivity contribution in [3.63, 3.8) is 0 Å². The fourth-order valence-corrected chi connectivity index (χ4v) is 1.49. The van der Waals surface area contributed by atoms with Gasteiger partial charge in [-0.2, -0.15) is 5.26 Å². The lowest BCUT2D eigenvalue weighted by Crippen LogP contribution is -2.50. The van der Waals surface area contributed by atoms with Crippen LogP contribution in [0.4, 0.5) is 8.78 Å². The minimum Gasteiger partial charge on any atom is -0.452 e. The van der Waals surface area contributed by atoms with Crippen LogP contribution in [0.3, 0.4) is 0 Å². The Kier molecular flexibility index (Phi) is 5.57. The Bertz CT molecular complexity index is 626. The summed E-state index contributed by atoms with van der Waals surface area (Å²) in [5.41, 5.74) is -1.58. The zero-order valence-electron chi connectivity index (χ0n) is 12.4. The van der Waals surface area contributed by atoms with E-state index < -0.39 is 41.2 Å². The van der Waals surface area contributed by atoms with Crippen molar-refractivity contribution >= 4 is 11.9 Å². The van der Waals surface area contributed by atoms with Crippen molar-refractivity contribution in [3.05, 3.63) is 35.4 Å². The largest absolute Gasteiger partial charge is 0.452 e. The molecule has 0 saturated heterocycles. The number of nitrogens with zero attached hydrogens (tertiary/aromatic N) is 1. The van der Waals surface area contributed by atoms with Crippen molar-refractivity contribution in [1.29, 1.82) is 5.26 Å². The zero-order chi connectivity index (χ0) is 16.9. The first-order valence-electron chi connectivity index (χ1n) is 6.54. The van der Waals surface area contributed by atoms with E-state index >= 15 is 0 Å². The van der Waals surface area contributed by atoms with E-state index in [0.29, 0.717) is 6.07 Å². The van der Waals surface area contributed by atoms with Crippen molar-refractivity contribution in [2.45, 2.75) is 26.3 Å². The molecule has 0 fully saturated rings. The highest BCUT2D eigenvalue weighted by molar-refractivity contribution is 5.91. The monoisotopic (exact) mass is 310 g/mol. The predicted molar refractivity (Wildman–Crippen MR) is 73.6 cm³/mol. The second-order valence-electron chi connectivity index (χ2n) is 5.22. The Morgan fingerprint density at radius 1 is 1.41 bits per heavy atom. The third-order valence-corrected chi connectivity index (χ3v) is 3.27. The van der Waals surface area contributed by atoms with Gasteiger partial charge in [-0.15, -0.1) is 0 Å². The standard InChI is InChI=1S/C15H16F2N2O3/c1-9(2)15(3,8-18)19-13(20)7-22-14(21)11-5-4-10(16)6-12(11)17/h4-6,9H,7H2,1-3H3,(H,19,20)/t15-/m1/s1. The Labute approximate surface area is 126 Å². The minimum atomic E-state index is -1.11. The second-order valence-corrected chi connectivity index (χ2v) is 5.22. The summed E-state index contributed by atoms with van der Waals surface area (Å²) in [5.74, 6) is -3.83. The molecule has 1 atom stereocenters. The van der Waals surface area contributed by atoms with Gasteiger partial charge in [0.2, 0.25) is 0 Å². The smallest absolute Gasteiger partial charge is 0.341 e. The molecule has 7 heteroatoms. The van der Waals surface area contributed by atoms with Gasteiger partial charge in [-0.3, -0.25) is 4.79 Å². The highest BCUT2D eigenvalue weighted by Gasteiger charge is 2.30. The van der Waals surface area contributed by atoms with Crippen LogP contribution in [-0.4, -0.2) is 24.0 Å². The van der Waals surface area contributed by atoms with Gasteiger partial charge in [-0.1, -0.05) is 13.8 Å². The highest BCUT2D eigenvalue weighted by Crippen LogP contribution is 2.15. The topological polar surface area (TPSA) is 79.2 Å². The van der Waals surface area contributed by atoms with E-state index in [-0.39, 0.29) is 5.92 Å². The minimum absolute atomic E-state index is 0.160. The molecule has 0 saturated carbocycles. The lowest BCUT2D eigenvalue weighted by Gasteiger charge is -2.27. The fourth-order valence-electron chi connectivity index (χ4n) is 1.49. The molecular formula is C15H16F2N2O3. The molecule has 0 unspecified atom stereocenters. The number of carbonyl (C=O) groups is 2. The van der Waals surface area contributed by atoms with E-state index in [0.717, 1.165) is 12.1 Å². The van der Waals surface area contributed by atoms with Crippen molar-refractivity contribution in [2.75, 3.05) is 6.61 Å². The second kappa shape index (κ2) is 6.98. The first kappa shape index (κ1) is 17.6. The molecular weight excluding hydrogens is 294 g/mol. The first-order valence-corrected chi connectivity index (χ1v) is 6.54. The van der Waals surface area contributed by atoms with E-state index in [9.17, 15) is 18.4 Å². The number of nitrogens with one attached hydrogen (secondary N) is 1. The number of esters is 1. The Morgan fingerprint density at radius 3 is 2.55 bits per heavy atom. The van der Waals surface area contributed by atoms with Gasteiger partial charge in [0.05, 0.1) is 11.6 Å². The van der Waals surface area contributed by atoms with Crippen LogP contribution in [-0.2, 0) is 9.53 Å². The summed E-state index contributed by atoms with van der Waals surface area (Å²) in [6.45, 7) is 4.38. The van der Waals surface area contributed by atoms with Crippen molar-refractivity contribution in [3.8, 4) is 6.07 Å². The number of halogens is 2. The van der Waals surface area contributed by atoms with E-state index in [1.165, 1.54) is 6.92 Å². The maximum absolute atomic E-state index is 13.4. The molecule has 0 aromatic heterocycles. The van der Waals surface area contributed by atoms with E-state index in [4.69, 9.17) is 5.26 Å². The highest BCUT2D eigenvalue weighted by atomic mass is 19.1. The number of nitriles is 1. The lowest BCUT2D eigenvalue weighted by atomic mass is 9.90. The molecule has 5 nitrogen and oxygen atoms in total. The van der Waals surface area contributed by atoms with Crippen LogP contribution in [0.5, 0.6) is 0 Å². The number of ether oxygens (including phenoxy) is 1. The first-order chi connectivity index (χ1) is 10.2. The molecule has 118 valence electrons. The predicted octanol–water partition coefficient (Wildman–Crippen LogP) is 2.18. The molecule has 1 amide bonds. The maximum Gasteiger partial charge on any atom is 0.341 e. The summed E-state index contributed by atoms with van der Waals surface area (Å²) in [4.78, 5) is 23.3. The van der Waals surface area contributed by atoms with E-state index in [2.05, 4.69) is 10.1 Å². The fraction of sp³-hybridized carbons (Fsp3) is 0.400. The zero-order valence-corrected chi connectivity index (χ0v) is 12.4. The molecule has 0 radical (unpaired) electrons. The maximum atomic E-state index is 13.4. The molecule has 1 aromatic rings. The molecule has 0 spiro atoms. The molecule has 1 rings (SSSR count). The quantitative estimate of drug-likeness (QED) is 0.845. The number of hydrogen-bond donors (Lipinski definition) is 1.